The third-order valence-corrected chi connectivity index (χ3v) is 8.38. The zero-order valence-corrected chi connectivity index (χ0v) is 25.7. The van der Waals surface area contributed by atoms with Crippen LogP contribution in [0.1, 0.15) is 24.9 Å². The third kappa shape index (κ3) is 5.38. The quantitative estimate of drug-likeness (QED) is 0.223. The Morgan fingerprint density at radius 2 is 1.85 bits per heavy atom. The predicted octanol–water partition coefficient (Wildman–Crippen LogP) is 4.06. The van der Waals surface area contributed by atoms with E-state index in [4.69, 9.17) is 24.7 Å². The molecule has 1 saturated heterocycles. The highest BCUT2D eigenvalue weighted by Crippen LogP contribution is 2.31. The summed E-state index contributed by atoms with van der Waals surface area (Å²) < 4.78 is 19.4. The van der Waals surface area contributed by atoms with Gasteiger partial charge in [-0.15, -0.1) is 5.10 Å². The number of aromatic nitrogens is 6. The normalized spacial score (nSPS) is 15.9. The lowest BCUT2D eigenvalue weighted by atomic mass is 10.0. The maximum atomic E-state index is 14.5. The second kappa shape index (κ2) is 12.5. The Kier molecular flexibility index (Phi) is 7.97. The average molecular weight is 622 g/mol. The molecule has 46 heavy (non-hydrogen) atoms. The Labute approximate surface area is 265 Å². The summed E-state index contributed by atoms with van der Waals surface area (Å²) in [7, 11) is 1.66. The number of anilines is 2. The number of carbonyl (C=O) groups is 1. The smallest absolute Gasteiger partial charge is 0.252 e. The van der Waals surface area contributed by atoms with E-state index < -0.39 is 6.04 Å². The second-order valence-electron chi connectivity index (χ2n) is 11.1. The van der Waals surface area contributed by atoms with Gasteiger partial charge in [-0.3, -0.25) is 4.79 Å². The van der Waals surface area contributed by atoms with Gasteiger partial charge < -0.3 is 29.4 Å². The molecule has 0 spiro atoms. The fourth-order valence-corrected chi connectivity index (χ4v) is 6.04. The molecule has 6 aromatic rings. The number of methoxy groups -OCH3 is 1. The molecule has 1 aliphatic heterocycles. The maximum absolute atomic E-state index is 14.5. The monoisotopic (exact) mass is 621 g/mol. The van der Waals surface area contributed by atoms with Gasteiger partial charge in [-0.1, -0.05) is 37.3 Å². The molecule has 13 nitrogen and oxygen atoms in total. The van der Waals surface area contributed by atoms with Gasteiger partial charge in [-0.05, 0) is 48.4 Å². The zero-order valence-electron chi connectivity index (χ0n) is 25.7. The van der Waals surface area contributed by atoms with Crippen molar-refractivity contribution < 1.29 is 18.7 Å². The van der Waals surface area contributed by atoms with E-state index in [0.717, 1.165) is 23.4 Å². The molecule has 2 aromatic carbocycles. The maximum Gasteiger partial charge on any atom is 0.252 e. The van der Waals surface area contributed by atoms with Crippen molar-refractivity contribution in [2.45, 2.75) is 25.4 Å². The Balaban J connectivity index is 1.19. The minimum Gasteiger partial charge on any atom is -0.491 e. The summed E-state index contributed by atoms with van der Waals surface area (Å²) in [5.41, 5.74) is 9.21. The lowest BCUT2D eigenvalue weighted by Crippen LogP contribution is -2.56. The molecule has 13 heteroatoms. The van der Waals surface area contributed by atoms with E-state index >= 15 is 0 Å². The summed E-state index contributed by atoms with van der Waals surface area (Å²) >= 11 is 0. The van der Waals surface area contributed by atoms with Crippen molar-refractivity contribution in [2.24, 2.45) is 0 Å². The molecule has 7 rings (SSSR count). The summed E-state index contributed by atoms with van der Waals surface area (Å²) in [5, 5.41) is 9.82. The van der Waals surface area contributed by atoms with Crippen LogP contribution < -0.4 is 15.4 Å². The first kappa shape index (κ1) is 29.3. The van der Waals surface area contributed by atoms with Crippen LogP contribution in [0.15, 0.2) is 83.6 Å². The van der Waals surface area contributed by atoms with Crippen LogP contribution in [-0.4, -0.2) is 86.2 Å². The van der Waals surface area contributed by atoms with Gasteiger partial charge in [0.25, 0.3) is 5.91 Å². The average Bonchev–Trinajstić information content (AvgIpc) is 3.87. The number of nitrogen functional groups attached to an aromatic ring is 1. The summed E-state index contributed by atoms with van der Waals surface area (Å²) in [5.74, 6) is 1.76. The van der Waals surface area contributed by atoms with Crippen LogP contribution in [0.3, 0.4) is 0 Å². The number of ether oxygens (including phenoxy) is 2. The zero-order chi connectivity index (χ0) is 31.6. The molecular formula is C33H35N9O4. The van der Waals surface area contributed by atoms with Crippen molar-refractivity contribution in [3.8, 4) is 17.3 Å². The Morgan fingerprint density at radius 1 is 1.02 bits per heavy atom. The number of amides is 1. The van der Waals surface area contributed by atoms with Gasteiger partial charge in [0.05, 0.1) is 24.5 Å². The van der Waals surface area contributed by atoms with E-state index in [0.29, 0.717) is 61.1 Å². The van der Waals surface area contributed by atoms with Gasteiger partial charge in [-0.25, -0.2) is 9.67 Å². The molecule has 4 aromatic heterocycles. The number of nitrogens with zero attached hydrogens (tertiary/aromatic N) is 8. The van der Waals surface area contributed by atoms with Gasteiger partial charge in [0.2, 0.25) is 11.8 Å². The van der Waals surface area contributed by atoms with Gasteiger partial charge in [0, 0.05) is 38.5 Å². The minimum absolute atomic E-state index is 0.0609. The number of rotatable bonds is 10. The Bertz CT molecular complexity index is 1940. The number of hydrogen-bond acceptors (Lipinski definition) is 10. The van der Waals surface area contributed by atoms with Crippen molar-refractivity contribution in [2.75, 3.05) is 50.6 Å². The third-order valence-electron chi connectivity index (χ3n) is 8.38. The molecule has 5 heterocycles. The first-order valence-corrected chi connectivity index (χ1v) is 15.3. The Morgan fingerprint density at radius 3 is 2.59 bits per heavy atom. The largest absolute Gasteiger partial charge is 0.491 e. The van der Waals surface area contributed by atoms with E-state index in [1.54, 1.807) is 36.4 Å². The first-order chi connectivity index (χ1) is 22.6. The van der Waals surface area contributed by atoms with Crippen LogP contribution >= 0.6 is 0 Å². The van der Waals surface area contributed by atoms with E-state index in [1.165, 1.54) is 4.52 Å². The number of piperazine rings is 1. The van der Waals surface area contributed by atoms with Crippen molar-refractivity contribution in [1.82, 2.24) is 34.3 Å². The van der Waals surface area contributed by atoms with Gasteiger partial charge in [0.1, 0.15) is 12.4 Å². The molecule has 2 N–H and O–H groups in total. The van der Waals surface area contributed by atoms with Crippen molar-refractivity contribution >= 4 is 34.2 Å². The number of furan rings is 1. The summed E-state index contributed by atoms with van der Waals surface area (Å²) in [6.07, 6.45) is 4.10. The number of fused-ring (bicyclic) bond motifs is 3. The molecule has 0 saturated carbocycles. The molecule has 0 radical (unpaired) electrons. The molecular weight excluding hydrogens is 586 g/mol. The minimum atomic E-state index is -0.756. The summed E-state index contributed by atoms with van der Waals surface area (Å²) in [6, 6.07) is 20.7. The van der Waals surface area contributed by atoms with Gasteiger partial charge in [-0.2, -0.15) is 14.6 Å². The van der Waals surface area contributed by atoms with Crippen LogP contribution in [0.25, 0.3) is 28.3 Å². The fraction of sp³-hybridized carbons (Fsp3) is 0.303. The number of benzene rings is 2. The van der Waals surface area contributed by atoms with E-state index in [9.17, 15) is 4.79 Å². The molecule has 236 valence electrons. The number of nitrogens with two attached hydrogens (primary N) is 1. The topological polar surface area (TPSA) is 142 Å². The van der Waals surface area contributed by atoms with Crippen LogP contribution in [0.4, 0.5) is 11.6 Å². The number of carbonyl (C=O) groups excluding carboxylic acids is 1. The fourth-order valence-electron chi connectivity index (χ4n) is 6.04. The number of hydrogen-bond donors (Lipinski definition) is 1. The van der Waals surface area contributed by atoms with Crippen molar-refractivity contribution in [1.29, 1.82) is 0 Å². The molecule has 0 aliphatic carbocycles. The van der Waals surface area contributed by atoms with Crippen molar-refractivity contribution in [3.63, 3.8) is 0 Å². The van der Waals surface area contributed by atoms with Gasteiger partial charge >= 0.3 is 0 Å². The second-order valence-corrected chi connectivity index (χ2v) is 11.1. The van der Waals surface area contributed by atoms with Crippen LogP contribution in [0, 0.1) is 0 Å². The summed E-state index contributed by atoms with van der Waals surface area (Å²) in [6.45, 7) is 5.00. The van der Waals surface area contributed by atoms with Crippen molar-refractivity contribution in [3.05, 3.63) is 84.8 Å². The highest BCUT2D eigenvalue weighted by atomic mass is 16.5. The highest BCUT2D eigenvalue weighted by molar-refractivity contribution is 5.92. The molecule has 1 amide bonds. The SMILES string of the molecule is CC[C@@H]1CN(C(=O)[C@H](c2ccccc2)n2ncc3c2nc(N)n2nc(-c4ccco4)nc32)CCN1c1ccc(OCCOC)cc1. The standard InChI is InChI=1S/C33H35N9O4/c1-3-23-21-39(15-16-40(23)24-11-13-25(14-12-24)45-19-18-44-2)32(43)28(22-8-5-4-6-9-22)41-31-26(20-35-41)30-36-29(27-10-7-17-46-27)38-42(30)33(34)37-31/h4-14,17,20,23,28H,3,15-16,18-19,21H2,1-2H3,(H2,34,37)/t23-,28+/m1/s1. The van der Waals surface area contributed by atoms with E-state index in [2.05, 4.69) is 39.0 Å². The lowest BCUT2D eigenvalue weighted by molar-refractivity contribution is -0.134. The molecule has 0 unspecified atom stereocenters. The molecule has 1 aliphatic rings. The highest BCUT2D eigenvalue weighted by Gasteiger charge is 2.35. The lowest BCUT2D eigenvalue weighted by Gasteiger charge is -2.43. The molecule has 1 fully saturated rings. The Hall–Kier alpha value is -5.43. The van der Waals surface area contributed by atoms with Crippen LogP contribution in [0.2, 0.25) is 0 Å². The first-order valence-electron chi connectivity index (χ1n) is 15.3. The summed E-state index contributed by atoms with van der Waals surface area (Å²) in [4.78, 5) is 28.2. The van der Waals surface area contributed by atoms with Crippen LogP contribution in [0.5, 0.6) is 5.75 Å². The molecule has 2 atom stereocenters. The van der Waals surface area contributed by atoms with Gasteiger partial charge in [0.15, 0.2) is 23.1 Å². The predicted molar refractivity (Wildman–Crippen MR) is 173 cm³/mol. The van der Waals surface area contributed by atoms with Crippen LogP contribution in [-0.2, 0) is 9.53 Å². The van der Waals surface area contributed by atoms with E-state index in [1.807, 2.05) is 47.4 Å². The molecule has 0 bridgehead atoms. The van der Waals surface area contributed by atoms with E-state index in [-0.39, 0.29) is 17.9 Å².